The van der Waals surface area contributed by atoms with E-state index in [0.29, 0.717) is 0 Å². The molecule has 0 aliphatic heterocycles. The van der Waals surface area contributed by atoms with Gasteiger partial charge in [-0.25, -0.2) is 0 Å². The van der Waals surface area contributed by atoms with Crippen molar-refractivity contribution in [1.82, 2.24) is 0 Å². The molecular weight excluding hydrogens is 340 g/mol. The SMILES string of the molecule is BrCc1cc2ccccc2c2cc(Br)ccc12. The van der Waals surface area contributed by atoms with Gasteiger partial charge in [0.2, 0.25) is 0 Å². The quantitative estimate of drug-likeness (QED) is 0.393. The van der Waals surface area contributed by atoms with Gasteiger partial charge in [-0.3, -0.25) is 0 Å². The number of benzene rings is 3. The van der Waals surface area contributed by atoms with E-state index in [9.17, 15) is 0 Å². The molecular formula is C15H10Br2. The fourth-order valence-electron chi connectivity index (χ4n) is 2.26. The molecule has 3 rings (SSSR count). The van der Waals surface area contributed by atoms with Crippen LogP contribution in [0.25, 0.3) is 21.5 Å². The lowest BCUT2D eigenvalue weighted by Crippen LogP contribution is -1.85. The third kappa shape index (κ3) is 1.90. The predicted molar refractivity (Wildman–Crippen MR) is 81.8 cm³/mol. The Balaban J connectivity index is 2.56. The fraction of sp³-hybridized carbons (Fsp3) is 0.0667. The summed E-state index contributed by atoms with van der Waals surface area (Å²) < 4.78 is 1.13. The van der Waals surface area contributed by atoms with Crippen LogP contribution in [0.5, 0.6) is 0 Å². The summed E-state index contributed by atoms with van der Waals surface area (Å²) in [6, 6.07) is 17.3. The zero-order valence-electron chi connectivity index (χ0n) is 9.08. The van der Waals surface area contributed by atoms with Crippen molar-refractivity contribution < 1.29 is 0 Å². The van der Waals surface area contributed by atoms with Gasteiger partial charge in [0.15, 0.2) is 0 Å². The number of fused-ring (bicyclic) bond motifs is 3. The second-order valence-corrected chi connectivity index (χ2v) is 5.56. The van der Waals surface area contributed by atoms with E-state index in [2.05, 4.69) is 80.4 Å². The number of halogens is 2. The smallest absolute Gasteiger partial charge is 0.0289 e. The van der Waals surface area contributed by atoms with Crippen molar-refractivity contribution in [2.24, 2.45) is 0 Å². The fourth-order valence-corrected chi connectivity index (χ4v) is 3.09. The summed E-state index contributed by atoms with van der Waals surface area (Å²) in [4.78, 5) is 0. The van der Waals surface area contributed by atoms with Gasteiger partial charge in [0.1, 0.15) is 0 Å². The molecule has 0 aromatic heterocycles. The van der Waals surface area contributed by atoms with Crippen LogP contribution in [0.1, 0.15) is 5.56 Å². The largest absolute Gasteiger partial charge is 0.0876 e. The molecule has 0 saturated carbocycles. The van der Waals surface area contributed by atoms with Crippen LogP contribution >= 0.6 is 31.9 Å². The van der Waals surface area contributed by atoms with E-state index in [-0.39, 0.29) is 0 Å². The average molecular weight is 350 g/mol. The second kappa shape index (κ2) is 4.43. The van der Waals surface area contributed by atoms with Crippen molar-refractivity contribution in [2.45, 2.75) is 5.33 Å². The third-order valence-corrected chi connectivity index (χ3v) is 4.15. The molecule has 0 amide bonds. The van der Waals surface area contributed by atoms with Gasteiger partial charge in [-0.05, 0) is 45.3 Å². The molecule has 84 valence electrons. The van der Waals surface area contributed by atoms with Gasteiger partial charge >= 0.3 is 0 Å². The summed E-state index contributed by atoms with van der Waals surface area (Å²) in [5, 5.41) is 6.13. The summed E-state index contributed by atoms with van der Waals surface area (Å²) in [6.07, 6.45) is 0. The van der Waals surface area contributed by atoms with Crippen molar-refractivity contribution in [3.8, 4) is 0 Å². The van der Waals surface area contributed by atoms with Crippen molar-refractivity contribution >= 4 is 53.4 Å². The second-order valence-electron chi connectivity index (χ2n) is 4.08. The Morgan fingerprint density at radius 1 is 0.824 bits per heavy atom. The highest BCUT2D eigenvalue weighted by atomic mass is 79.9. The lowest BCUT2D eigenvalue weighted by atomic mass is 9.98. The van der Waals surface area contributed by atoms with Crippen molar-refractivity contribution in [3.63, 3.8) is 0 Å². The van der Waals surface area contributed by atoms with Crippen molar-refractivity contribution in [1.29, 1.82) is 0 Å². The van der Waals surface area contributed by atoms with Crippen molar-refractivity contribution in [2.75, 3.05) is 0 Å². The van der Waals surface area contributed by atoms with Gasteiger partial charge in [-0.1, -0.05) is 62.2 Å². The molecule has 0 nitrogen and oxygen atoms in total. The van der Waals surface area contributed by atoms with Crippen LogP contribution in [-0.2, 0) is 5.33 Å². The summed E-state index contributed by atoms with van der Waals surface area (Å²) in [6.45, 7) is 0. The molecule has 3 aromatic rings. The molecule has 0 N–H and O–H groups in total. The summed E-state index contributed by atoms with van der Waals surface area (Å²) in [5.74, 6) is 0. The molecule has 0 atom stereocenters. The monoisotopic (exact) mass is 348 g/mol. The zero-order valence-corrected chi connectivity index (χ0v) is 12.3. The first-order valence-corrected chi connectivity index (χ1v) is 7.37. The molecule has 2 heteroatoms. The predicted octanol–water partition coefficient (Wildman–Crippen LogP) is 5.65. The highest BCUT2D eigenvalue weighted by Crippen LogP contribution is 2.31. The van der Waals surface area contributed by atoms with Gasteiger partial charge < -0.3 is 0 Å². The molecule has 0 heterocycles. The lowest BCUT2D eigenvalue weighted by molar-refractivity contribution is 1.51. The van der Waals surface area contributed by atoms with E-state index in [0.717, 1.165) is 9.80 Å². The molecule has 3 aromatic carbocycles. The molecule has 0 radical (unpaired) electrons. The number of rotatable bonds is 1. The van der Waals surface area contributed by atoms with Crippen LogP contribution in [0, 0.1) is 0 Å². The first kappa shape index (κ1) is 11.2. The normalized spacial score (nSPS) is 11.2. The zero-order chi connectivity index (χ0) is 11.8. The molecule has 0 bridgehead atoms. The Labute approximate surface area is 117 Å². The molecule has 17 heavy (non-hydrogen) atoms. The number of hydrogen-bond acceptors (Lipinski definition) is 0. The molecule has 0 unspecified atom stereocenters. The lowest BCUT2D eigenvalue weighted by Gasteiger charge is -2.09. The Morgan fingerprint density at radius 2 is 1.65 bits per heavy atom. The Kier molecular flexibility index (Phi) is 2.93. The highest BCUT2D eigenvalue weighted by molar-refractivity contribution is 9.10. The van der Waals surface area contributed by atoms with Crippen molar-refractivity contribution in [3.05, 3.63) is 58.6 Å². The van der Waals surface area contributed by atoms with Gasteiger partial charge in [-0.15, -0.1) is 0 Å². The van der Waals surface area contributed by atoms with Crippen LogP contribution in [0.3, 0.4) is 0 Å². The number of hydrogen-bond donors (Lipinski definition) is 0. The van der Waals surface area contributed by atoms with E-state index in [1.165, 1.54) is 27.1 Å². The molecule has 0 fully saturated rings. The molecule has 0 aliphatic carbocycles. The maximum atomic E-state index is 3.57. The van der Waals surface area contributed by atoms with Crippen LogP contribution in [-0.4, -0.2) is 0 Å². The minimum atomic E-state index is 0.885. The van der Waals surface area contributed by atoms with Gasteiger partial charge in [-0.2, -0.15) is 0 Å². The topological polar surface area (TPSA) is 0 Å². The first-order valence-electron chi connectivity index (χ1n) is 5.45. The van der Waals surface area contributed by atoms with Crippen LogP contribution in [0.2, 0.25) is 0 Å². The van der Waals surface area contributed by atoms with Gasteiger partial charge in [0, 0.05) is 9.80 Å². The first-order chi connectivity index (χ1) is 8.29. The van der Waals surface area contributed by atoms with Crippen LogP contribution in [0.15, 0.2) is 53.0 Å². The Morgan fingerprint density at radius 3 is 2.47 bits per heavy atom. The number of alkyl halides is 1. The molecule has 0 spiro atoms. The maximum Gasteiger partial charge on any atom is 0.0289 e. The molecule has 0 saturated heterocycles. The Bertz CT molecular complexity index is 702. The van der Waals surface area contributed by atoms with E-state index < -0.39 is 0 Å². The minimum absolute atomic E-state index is 0.885. The average Bonchev–Trinajstić information content (AvgIpc) is 2.37. The van der Waals surface area contributed by atoms with E-state index >= 15 is 0 Å². The van der Waals surface area contributed by atoms with Gasteiger partial charge in [0.05, 0.1) is 0 Å². The summed E-state index contributed by atoms with van der Waals surface area (Å²) in [5.41, 5.74) is 1.34. The summed E-state index contributed by atoms with van der Waals surface area (Å²) >= 11 is 7.12. The van der Waals surface area contributed by atoms with E-state index in [1.54, 1.807) is 0 Å². The maximum absolute atomic E-state index is 3.57. The van der Waals surface area contributed by atoms with Gasteiger partial charge in [0.25, 0.3) is 0 Å². The molecule has 0 aliphatic rings. The van der Waals surface area contributed by atoms with Crippen LogP contribution in [0.4, 0.5) is 0 Å². The third-order valence-electron chi connectivity index (χ3n) is 3.05. The standard InChI is InChI=1S/C15H10Br2/c16-9-11-7-10-3-1-2-4-13(10)15-8-12(17)5-6-14(11)15/h1-8H,9H2. The Hall–Kier alpha value is -0.860. The summed E-state index contributed by atoms with van der Waals surface area (Å²) in [7, 11) is 0. The highest BCUT2D eigenvalue weighted by Gasteiger charge is 2.05. The van der Waals surface area contributed by atoms with Crippen LogP contribution < -0.4 is 0 Å². The van der Waals surface area contributed by atoms with E-state index in [4.69, 9.17) is 0 Å². The minimum Gasteiger partial charge on any atom is -0.0876 e. The van der Waals surface area contributed by atoms with E-state index in [1.807, 2.05) is 0 Å².